The number of aromatic nitrogens is 1. The molecule has 0 saturated heterocycles. The molecule has 1 aliphatic rings. The van der Waals surface area contributed by atoms with Gasteiger partial charge in [-0.05, 0) is 18.8 Å². The van der Waals surface area contributed by atoms with Crippen molar-refractivity contribution >= 4 is 11.8 Å². The standard InChI is InChI=1S/C9H13NOS/c1-2-4-8(3-1)7-12-9-10-5-6-11-9/h5-6,8H,1-4,7H2. The van der Waals surface area contributed by atoms with E-state index in [0.717, 1.165) is 11.1 Å². The zero-order chi connectivity index (χ0) is 8.23. The molecule has 66 valence electrons. The highest BCUT2D eigenvalue weighted by Gasteiger charge is 2.15. The lowest BCUT2D eigenvalue weighted by atomic mass is 10.1. The van der Waals surface area contributed by atoms with Gasteiger partial charge in [0.1, 0.15) is 6.26 Å². The molecule has 0 spiro atoms. The molecule has 0 unspecified atom stereocenters. The summed E-state index contributed by atoms with van der Waals surface area (Å²) in [6.07, 6.45) is 8.96. The quantitative estimate of drug-likeness (QED) is 0.674. The zero-order valence-corrected chi connectivity index (χ0v) is 7.85. The van der Waals surface area contributed by atoms with Crippen molar-refractivity contribution in [3.63, 3.8) is 0 Å². The summed E-state index contributed by atoms with van der Waals surface area (Å²) in [5, 5.41) is 0.821. The summed E-state index contributed by atoms with van der Waals surface area (Å²) in [6, 6.07) is 0. The highest BCUT2D eigenvalue weighted by atomic mass is 32.2. The third-order valence-electron chi connectivity index (χ3n) is 2.33. The Morgan fingerprint density at radius 1 is 1.50 bits per heavy atom. The Balaban J connectivity index is 1.74. The Morgan fingerprint density at radius 2 is 2.33 bits per heavy atom. The third-order valence-corrected chi connectivity index (χ3v) is 3.41. The van der Waals surface area contributed by atoms with Crippen molar-refractivity contribution in [2.24, 2.45) is 5.92 Å². The van der Waals surface area contributed by atoms with Gasteiger partial charge in [-0.25, -0.2) is 4.98 Å². The van der Waals surface area contributed by atoms with Gasteiger partial charge in [0.05, 0.1) is 6.20 Å². The fourth-order valence-electron chi connectivity index (χ4n) is 1.65. The van der Waals surface area contributed by atoms with Gasteiger partial charge in [-0.1, -0.05) is 24.6 Å². The van der Waals surface area contributed by atoms with E-state index < -0.39 is 0 Å². The van der Waals surface area contributed by atoms with Crippen LogP contribution in [0.3, 0.4) is 0 Å². The molecule has 1 heterocycles. The molecule has 0 bridgehead atoms. The molecule has 0 atom stereocenters. The fraction of sp³-hybridized carbons (Fsp3) is 0.667. The van der Waals surface area contributed by atoms with E-state index >= 15 is 0 Å². The topological polar surface area (TPSA) is 26.0 Å². The van der Waals surface area contributed by atoms with E-state index in [9.17, 15) is 0 Å². The van der Waals surface area contributed by atoms with Crippen LogP contribution in [0.25, 0.3) is 0 Å². The summed E-state index contributed by atoms with van der Waals surface area (Å²) in [4.78, 5) is 4.07. The highest BCUT2D eigenvalue weighted by molar-refractivity contribution is 7.99. The Kier molecular flexibility index (Phi) is 2.71. The molecule has 0 radical (unpaired) electrons. The first-order chi connectivity index (χ1) is 5.95. The Labute approximate surface area is 76.8 Å². The van der Waals surface area contributed by atoms with Crippen LogP contribution in [-0.4, -0.2) is 10.7 Å². The third kappa shape index (κ3) is 2.03. The van der Waals surface area contributed by atoms with Gasteiger partial charge in [-0.3, -0.25) is 0 Å². The summed E-state index contributed by atoms with van der Waals surface area (Å²) < 4.78 is 5.15. The maximum atomic E-state index is 5.15. The molecule has 2 nitrogen and oxygen atoms in total. The molecule has 0 aromatic carbocycles. The minimum atomic E-state index is 0.821. The summed E-state index contributed by atoms with van der Waals surface area (Å²) >= 11 is 1.75. The van der Waals surface area contributed by atoms with E-state index in [4.69, 9.17) is 4.42 Å². The zero-order valence-electron chi connectivity index (χ0n) is 7.03. The van der Waals surface area contributed by atoms with Crippen LogP contribution >= 0.6 is 11.8 Å². The summed E-state index contributed by atoms with van der Waals surface area (Å²) in [7, 11) is 0. The van der Waals surface area contributed by atoms with Gasteiger partial charge in [0, 0.05) is 5.75 Å². The smallest absolute Gasteiger partial charge is 0.255 e. The second-order valence-corrected chi connectivity index (χ2v) is 4.23. The number of rotatable bonds is 3. The molecular weight excluding hydrogens is 170 g/mol. The SMILES string of the molecule is c1coc(SCC2CCCC2)n1. The first kappa shape index (κ1) is 8.17. The molecule has 2 rings (SSSR count). The fourth-order valence-corrected chi connectivity index (χ4v) is 2.62. The maximum absolute atomic E-state index is 5.15. The van der Waals surface area contributed by atoms with E-state index in [0.29, 0.717) is 0 Å². The molecule has 1 fully saturated rings. The molecule has 1 aliphatic carbocycles. The monoisotopic (exact) mass is 183 g/mol. The number of hydrogen-bond donors (Lipinski definition) is 0. The van der Waals surface area contributed by atoms with Crippen LogP contribution in [0, 0.1) is 5.92 Å². The molecule has 1 aromatic heterocycles. The van der Waals surface area contributed by atoms with Gasteiger partial charge in [0.15, 0.2) is 0 Å². The summed E-state index contributed by atoms with van der Waals surface area (Å²) in [6.45, 7) is 0. The Bertz CT molecular complexity index is 216. The van der Waals surface area contributed by atoms with Crippen molar-refractivity contribution < 1.29 is 4.42 Å². The van der Waals surface area contributed by atoms with Gasteiger partial charge in [-0.15, -0.1) is 0 Å². The van der Waals surface area contributed by atoms with Gasteiger partial charge >= 0.3 is 0 Å². The van der Waals surface area contributed by atoms with Gasteiger partial charge in [0.25, 0.3) is 5.22 Å². The molecule has 12 heavy (non-hydrogen) atoms. The number of oxazole rings is 1. The van der Waals surface area contributed by atoms with Crippen LogP contribution in [0.4, 0.5) is 0 Å². The summed E-state index contributed by atoms with van der Waals surface area (Å²) in [5.74, 6) is 2.09. The molecule has 1 aromatic rings. The highest BCUT2D eigenvalue weighted by Crippen LogP contribution is 2.30. The largest absolute Gasteiger partial charge is 0.440 e. The van der Waals surface area contributed by atoms with Crippen molar-refractivity contribution in [3.05, 3.63) is 12.5 Å². The van der Waals surface area contributed by atoms with Crippen LogP contribution in [-0.2, 0) is 0 Å². The van der Waals surface area contributed by atoms with E-state index in [1.165, 1.54) is 31.4 Å². The molecule has 1 saturated carbocycles. The van der Waals surface area contributed by atoms with Crippen molar-refractivity contribution in [1.29, 1.82) is 0 Å². The second-order valence-electron chi connectivity index (χ2n) is 3.26. The van der Waals surface area contributed by atoms with Gasteiger partial charge < -0.3 is 4.42 Å². The van der Waals surface area contributed by atoms with Gasteiger partial charge in [-0.2, -0.15) is 0 Å². The predicted molar refractivity (Wildman–Crippen MR) is 49.2 cm³/mol. The number of hydrogen-bond acceptors (Lipinski definition) is 3. The number of thioether (sulfide) groups is 1. The van der Waals surface area contributed by atoms with E-state index in [-0.39, 0.29) is 0 Å². The second kappa shape index (κ2) is 3.99. The molecule has 3 heteroatoms. The van der Waals surface area contributed by atoms with Crippen molar-refractivity contribution in [2.75, 3.05) is 5.75 Å². The van der Waals surface area contributed by atoms with E-state index in [1.54, 1.807) is 24.2 Å². The van der Waals surface area contributed by atoms with Gasteiger partial charge in [0.2, 0.25) is 0 Å². The van der Waals surface area contributed by atoms with Crippen LogP contribution < -0.4 is 0 Å². The Hall–Kier alpha value is -0.440. The van der Waals surface area contributed by atoms with E-state index in [1.807, 2.05) is 0 Å². The van der Waals surface area contributed by atoms with E-state index in [2.05, 4.69) is 4.98 Å². The minimum absolute atomic E-state index is 0.821. The maximum Gasteiger partial charge on any atom is 0.255 e. The van der Waals surface area contributed by atoms with Crippen LogP contribution in [0.15, 0.2) is 22.1 Å². The molecule has 0 amide bonds. The minimum Gasteiger partial charge on any atom is -0.440 e. The van der Waals surface area contributed by atoms with Crippen LogP contribution in [0.5, 0.6) is 0 Å². The normalized spacial score (nSPS) is 18.7. The molecule has 0 N–H and O–H groups in total. The van der Waals surface area contributed by atoms with Crippen molar-refractivity contribution in [2.45, 2.75) is 30.9 Å². The first-order valence-electron chi connectivity index (χ1n) is 4.47. The van der Waals surface area contributed by atoms with Crippen LogP contribution in [0.2, 0.25) is 0 Å². The molecule has 0 aliphatic heterocycles. The lowest BCUT2D eigenvalue weighted by Gasteiger charge is -2.04. The van der Waals surface area contributed by atoms with Crippen molar-refractivity contribution in [1.82, 2.24) is 4.98 Å². The predicted octanol–water partition coefficient (Wildman–Crippen LogP) is 2.96. The molecular formula is C9H13NOS. The lowest BCUT2D eigenvalue weighted by molar-refractivity contribution is 0.453. The Morgan fingerprint density at radius 3 is 3.00 bits per heavy atom. The summed E-state index contributed by atoms with van der Waals surface area (Å²) in [5.41, 5.74) is 0. The first-order valence-corrected chi connectivity index (χ1v) is 5.46. The number of nitrogens with zero attached hydrogens (tertiary/aromatic N) is 1. The lowest BCUT2D eigenvalue weighted by Crippen LogP contribution is -1.95. The van der Waals surface area contributed by atoms with Crippen molar-refractivity contribution in [3.8, 4) is 0 Å². The average molecular weight is 183 g/mol. The average Bonchev–Trinajstić information content (AvgIpc) is 2.74. The van der Waals surface area contributed by atoms with Crippen LogP contribution in [0.1, 0.15) is 25.7 Å².